The molecular weight excluding hydrogens is 516 g/mol. The number of amides is 3. The number of carbonyl (C=O) groups is 3. The molecule has 4 rings (SSSR count). The molecule has 1 N–H and O–H groups in total. The Morgan fingerprint density at radius 1 is 0.857 bits per heavy atom. The average molecular weight is 523 g/mol. The summed E-state index contributed by atoms with van der Waals surface area (Å²) in [7, 11) is 0. The van der Waals surface area contributed by atoms with E-state index in [9.17, 15) is 14.4 Å². The molecule has 1 heterocycles. The molecule has 28 heavy (non-hydrogen) atoms. The standard InChI is InChI=1S/C16H7Cl7N2O3/c17-6-3-1-5(2-4-6)11(26)24-25-12(27)7-8(13(25)28)15(21)10(19)9(18)14(7,20)16(15,22)23/h1-4,7-8H,(H,24,26)/t7-,8-,14+,15+/m0/s1. The molecule has 0 unspecified atom stereocenters. The fraction of sp³-hybridized carbons (Fsp3) is 0.312. The lowest BCUT2D eigenvalue weighted by Crippen LogP contribution is -2.54. The van der Waals surface area contributed by atoms with E-state index < -0.39 is 43.6 Å². The van der Waals surface area contributed by atoms with Crippen LogP contribution in [-0.4, -0.2) is 36.8 Å². The number of alkyl halides is 4. The maximum Gasteiger partial charge on any atom is 0.270 e. The van der Waals surface area contributed by atoms with E-state index in [0.29, 0.717) is 10.0 Å². The summed E-state index contributed by atoms with van der Waals surface area (Å²) in [6.45, 7) is 0. The number of nitrogens with zero attached hydrogens (tertiary/aromatic N) is 1. The van der Waals surface area contributed by atoms with E-state index in [4.69, 9.17) is 81.2 Å². The van der Waals surface area contributed by atoms with E-state index in [1.54, 1.807) is 0 Å². The number of hydrazine groups is 1. The van der Waals surface area contributed by atoms with Crippen molar-refractivity contribution in [3.63, 3.8) is 0 Å². The molecule has 12 heteroatoms. The molecule has 3 amide bonds. The number of nitrogens with one attached hydrogen (secondary N) is 1. The van der Waals surface area contributed by atoms with Gasteiger partial charge in [0.15, 0.2) is 4.33 Å². The lowest BCUT2D eigenvalue weighted by molar-refractivity contribution is -0.143. The number of hydrogen-bond donors (Lipinski definition) is 1. The molecule has 2 aliphatic carbocycles. The number of imide groups is 1. The van der Waals surface area contributed by atoms with Crippen molar-refractivity contribution in [1.82, 2.24) is 10.4 Å². The van der Waals surface area contributed by atoms with Crippen molar-refractivity contribution in [2.45, 2.75) is 14.1 Å². The van der Waals surface area contributed by atoms with Gasteiger partial charge in [-0.3, -0.25) is 19.8 Å². The van der Waals surface area contributed by atoms with Crippen LogP contribution in [0, 0.1) is 11.8 Å². The minimum absolute atomic E-state index is 0.171. The minimum Gasteiger partial charge on any atom is -0.272 e. The topological polar surface area (TPSA) is 66.5 Å². The molecule has 148 valence electrons. The molecule has 1 saturated carbocycles. The first kappa shape index (κ1) is 20.9. The summed E-state index contributed by atoms with van der Waals surface area (Å²) in [5, 5.41) is 0.553. The van der Waals surface area contributed by atoms with Crippen LogP contribution in [0.4, 0.5) is 0 Å². The summed E-state index contributed by atoms with van der Waals surface area (Å²) in [5.74, 6) is -5.03. The molecule has 1 aromatic rings. The number of carbonyl (C=O) groups excluding carboxylic acids is 3. The molecule has 1 aromatic carbocycles. The van der Waals surface area contributed by atoms with Gasteiger partial charge in [0.1, 0.15) is 9.75 Å². The van der Waals surface area contributed by atoms with Gasteiger partial charge in [-0.05, 0) is 24.3 Å². The smallest absolute Gasteiger partial charge is 0.270 e. The Hall–Kier alpha value is -0.400. The number of benzene rings is 1. The Labute approximate surface area is 193 Å². The second-order valence-corrected chi connectivity index (χ2v) is 10.3. The van der Waals surface area contributed by atoms with Crippen LogP contribution in [0.5, 0.6) is 0 Å². The SMILES string of the molecule is O=C(NN1C(=O)[C@@H]2[C@@H](C1=O)[C@@]1(Cl)C(Cl)=C(Cl)[C@@]2(Cl)C1(Cl)Cl)c1ccc(Cl)cc1. The lowest BCUT2D eigenvalue weighted by atomic mass is 9.84. The summed E-state index contributed by atoms with van der Waals surface area (Å²) in [5.41, 5.74) is 2.42. The molecule has 3 aliphatic rings. The highest BCUT2D eigenvalue weighted by Crippen LogP contribution is 2.77. The van der Waals surface area contributed by atoms with Gasteiger partial charge in [0.2, 0.25) is 0 Å². The summed E-state index contributed by atoms with van der Waals surface area (Å²) < 4.78 is -2.02. The van der Waals surface area contributed by atoms with Gasteiger partial charge in [-0.2, -0.15) is 5.01 Å². The van der Waals surface area contributed by atoms with Crippen LogP contribution in [-0.2, 0) is 9.59 Å². The van der Waals surface area contributed by atoms with Gasteiger partial charge in [-0.15, -0.1) is 23.2 Å². The van der Waals surface area contributed by atoms with E-state index in [2.05, 4.69) is 5.43 Å². The lowest BCUT2D eigenvalue weighted by Gasteiger charge is -2.34. The van der Waals surface area contributed by atoms with Crippen molar-refractivity contribution in [3.05, 3.63) is 44.9 Å². The molecule has 0 aromatic heterocycles. The van der Waals surface area contributed by atoms with Crippen LogP contribution in [0.1, 0.15) is 10.4 Å². The first-order valence-corrected chi connectivity index (χ1v) is 10.3. The number of halogens is 7. The van der Waals surface area contributed by atoms with Crippen LogP contribution >= 0.6 is 81.2 Å². The van der Waals surface area contributed by atoms with Gasteiger partial charge in [0, 0.05) is 10.6 Å². The van der Waals surface area contributed by atoms with Gasteiger partial charge in [0.25, 0.3) is 17.7 Å². The van der Waals surface area contributed by atoms with E-state index >= 15 is 0 Å². The summed E-state index contributed by atoms with van der Waals surface area (Å²) in [6.07, 6.45) is 0. The Kier molecular flexibility index (Phi) is 4.69. The van der Waals surface area contributed by atoms with Crippen molar-refractivity contribution in [2.75, 3.05) is 0 Å². The highest BCUT2D eigenvalue weighted by molar-refractivity contribution is 6.66. The van der Waals surface area contributed by atoms with Gasteiger partial charge < -0.3 is 0 Å². The second kappa shape index (κ2) is 6.30. The minimum atomic E-state index is -2.02. The predicted octanol–water partition coefficient (Wildman–Crippen LogP) is 4.43. The van der Waals surface area contributed by atoms with Crippen LogP contribution in [0.2, 0.25) is 5.02 Å². The largest absolute Gasteiger partial charge is 0.272 e. The van der Waals surface area contributed by atoms with E-state index in [-0.39, 0.29) is 15.6 Å². The van der Waals surface area contributed by atoms with Gasteiger partial charge in [-0.25, -0.2) is 0 Å². The third-order valence-corrected chi connectivity index (χ3v) is 9.74. The van der Waals surface area contributed by atoms with Crippen molar-refractivity contribution < 1.29 is 14.4 Å². The second-order valence-electron chi connectivity index (χ2n) is 6.54. The highest BCUT2D eigenvalue weighted by atomic mass is 35.5. The Morgan fingerprint density at radius 2 is 1.29 bits per heavy atom. The zero-order valence-corrected chi connectivity index (χ0v) is 18.6. The summed E-state index contributed by atoms with van der Waals surface area (Å²) >= 11 is 44.1. The van der Waals surface area contributed by atoms with Crippen LogP contribution < -0.4 is 5.43 Å². The number of hydrogen-bond acceptors (Lipinski definition) is 3. The average Bonchev–Trinajstić information content (AvgIpc) is 3.01. The number of fused-ring (bicyclic) bond motifs is 5. The number of rotatable bonds is 2. The third kappa shape index (κ3) is 2.22. The van der Waals surface area contributed by atoms with E-state index in [1.807, 2.05) is 0 Å². The molecule has 1 saturated heterocycles. The summed E-state index contributed by atoms with van der Waals surface area (Å²) in [6, 6.07) is 5.83. The molecule has 1 aliphatic heterocycles. The normalized spacial score (nSPS) is 35.6. The molecule has 4 atom stereocenters. The molecule has 0 radical (unpaired) electrons. The first-order valence-electron chi connectivity index (χ1n) is 7.67. The maximum absolute atomic E-state index is 13.0. The zero-order chi connectivity index (χ0) is 20.8. The fourth-order valence-electron chi connectivity index (χ4n) is 3.87. The molecule has 2 bridgehead atoms. The summed E-state index contributed by atoms with van der Waals surface area (Å²) in [4.78, 5) is 34.6. The third-order valence-electron chi connectivity index (χ3n) is 5.23. The molecule has 0 spiro atoms. The Morgan fingerprint density at radius 3 is 1.71 bits per heavy atom. The van der Waals surface area contributed by atoms with Gasteiger partial charge in [0.05, 0.1) is 21.9 Å². The van der Waals surface area contributed by atoms with Crippen LogP contribution in [0.3, 0.4) is 0 Å². The maximum atomic E-state index is 13.0. The zero-order valence-electron chi connectivity index (χ0n) is 13.3. The first-order chi connectivity index (χ1) is 12.9. The monoisotopic (exact) mass is 520 g/mol. The van der Waals surface area contributed by atoms with Crippen molar-refractivity contribution in [2.24, 2.45) is 11.8 Å². The highest BCUT2D eigenvalue weighted by Gasteiger charge is 2.87. The van der Waals surface area contributed by atoms with E-state index in [1.165, 1.54) is 24.3 Å². The van der Waals surface area contributed by atoms with Crippen LogP contribution in [0.25, 0.3) is 0 Å². The number of allylic oxidation sites excluding steroid dienone is 2. The molecule has 2 fully saturated rings. The van der Waals surface area contributed by atoms with Gasteiger partial charge in [-0.1, -0.05) is 58.0 Å². The molecule has 5 nitrogen and oxygen atoms in total. The van der Waals surface area contributed by atoms with E-state index in [0.717, 1.165) is 0 Å². The quantitative estimate of drug-likeness (QED) is 0.461. The Balaban J connectivity index is 1.71. The van der Waals surface area contributed by atoms with Crippen molar-refractivity contribution >= 4 is 98.9 Å². The van der Waals surface area contributed by atoms with Crippen molar-refractivity contribution in [3.8, 4) is 0 Å². The molecular formula is C16H7Cl7N2O3. The van der Waals surface area contributed by atoms with Gasteiger partial charge >= 0.3 is 0 Å². The predicted molar refractivity (Wildman–Crippen MR) is 108 cm³/mol. The van der Waals surface area contributed by atoms with Crippen molar-refractivity contribution in [1.29, 1.82) is 0 Å². The fourth-order valence-corrected chi connectivity index (χ4v) is 6.93. The Bertz CT molecular complexity index is 933. The van der Waals surface area contributed by atoms with Crippen LogP contribution in [0.15, 0.2) is 34.3 Å².